The van der Waals surface area contributed by atoms with Gasteiger partial charge in [-0.15, -0.1) is 23.4 Å². The number of fused-ring (bicyclic) bond motifs is 1. The van der Waals surface area contributed by atoms with Gasteiger partial charge in [0.15, 0.2) is 0 Å². The van der Waals surface area contributed by atoms with Crippen LogP contribution in [0.5, 0.6) is 0 Å². The molecule has 0 spiro atoms. The highest BCUT2D eigenvalue weighted by Crippen LogP contribution is 2.32. The minimum atomic E-state index is -1.35. The Morgan fingerprint density at radius 3 is 2.61 bits per heavy atom. The number of aliphatic hydroxyl groups excluding tert-OH is 3. The lowest BCUT2D eigenvalue weighted by Gasteiger charge is -2.33. The van der Waals surface area contributed by atoms with Crippen molar-refractivity contribution >= 4 is 34.8 Å². The van der Waals surface area contributed by atoms with Gasteiger partial charge in [-0.1, -0.05) is 35.9 Å². The molecule has 3 heterocycles. The van der Waals surface area contributed by atoms with Crippen molar-refractivity contribution in [1.82, 2.24) is 10.6 Å². The Kier molecular flexibility index (Phi) is 9.38. The molecule has 1 amide bonds. The molecular formula is C26H37ClN2O6S. The second kappa shape index (κ2) is 12.1. The van der Waals surface area contributed by atoms with Gasteiger partial charge < -0.3 is 35.4 Å². The number of benzene rings is 1. The monoisotopic (exact) mass is 540 g/mol. The predicted octanol–water partition coefficient (Wildman–Crippen LogP) is 1.43. The number of ether oxygens (including phenoxy) is 2. The zero-order valence-corrected chi connectivity index (χ0v) is 22.4. The number of halogens is 1. The number of hydrogen-bond donors (Lipinski definition) is 5. The third-order valence-corrected chi connectivity index (χ3v) is 8.49. The lowest BCUT2D eigenvalue weighted by molar-refractivity contribution is -0.128. The van der Waals surface area contributed by atoms with Gasteiger partial charge in [-0.3, -0.25) is 4.79 Å². The molecule has 0 radical (unpaired) electrons. The Bertz CT molecular complexity index is 932. The highest BCUT2D eigenvalue weighted by Gasteiger charge is 2.45. The number of thioether (sulfide) groups is 1. The highest BCUT2D eigenvalue weighted by molar-refractivity contribution is 7.99. The van der Waals surface area contributed by atoms with E-state index in [0.29, 0.717) is 13.2 Å². The zero-order valence-electron chi connectivity index (χ0n) is 20.8. The van der Waals surface area contributed by atoms with E-state index in [1.807, 2.05) is 0 Å². The number of nitrogens with one attached hydrogen (secondary N) is 2. The summed E-state index contributed by atoms with van der Waals surface area (Å²) >= 11 is 7.71. The number of amides is 1. The molecule has 1 aromatic carbocycles. The van der Waals surface area contributed by atoms with Crippen LogP contribution in [-0.2, 0) is 14.3 Å². The van der Waals surface area contributed by atoms with Gasteiger partial charge in [0.05, 0.1) is 36.3 Å². The first kappa shape index (κ1) is 27.9. The fourth-order valence-corrected chi connectivity index (χ4v) is 6.19. The van der Waals surface area contributed by atoms with E-state index in [0.717, 1.165) is 6.42 Å². The number of aryl methyl sites for hydroxylation is 1. The summed E-state index contributed by atoms with van der Waals surface area (Å²) in [7, 11) is 0. The van der Waals surface area contributed by atoms with Crippen LogP contribution in [0.4, 0.5) is 0 Å². The molecular weight excluding hydrogens is 504 g/mol. The maximum Gasteiger partial charge on any atom is 0.240 e. The summed E-state index contributed by atoms with van der Waals surface area (Å²) < 4.78 is 12.2. The molecule has 10 heteroatoms. The van der Waals surface area contributed by atoms with Crippen LogP contribution in [0.2, 0.25) is 0 Å². The van der Waals surface area contributed by atoms with E-state index in [4.69, 9.17) is 21.1 Å². The molecule has 36 heavy (non-hydrogen) atoms. The summed E-state index contributed by atoms with van der Waals surface area (Å²) in [6.45, 7) is 4.95. The van der Waals surface area contributed by atoms with Crippen molar-refractivity contribution in [3.05, 3.63) is 41.5 Å². The molecule has 0 aromatic heterocycles. The number of aliphatic hydroxyl groups is 3. The summed E-state index contributed by atoms with van der Waals surface area (Å²) in [4.78, 5) is 13.5. The molecule has 200 valence electrons. The van der Waals surface area contributed by atoms with E-state index < -0.39 is 47.3 Å². The van der Waals surface area contributed by atoms with E-state index in [2.05, 4.69) is 47.9 Å². The summed E-state index contributed by atoms with van der Waals surface area (Å²) in [5.41, 5.74) is 2.84. The largest absolute Gasteiger partial charge is 0.390 e. The molecule has 0 bridgehead atoms. The summed E-state index contributed by atoms with van der Waals surface area (Å²) in [6, 6.07) is 7.23. The van der Waals surface area contributed by atoms with E-state index in [1.165, 1.54) is 28.5 Å². The van der Waals surface area contributed by atoms with E-state index >= 15 is 0 Å². The second-order valence-corrected chi connectivity index (χ2v) is 11.6. The molecule has 4 rings (SSSR count). The predicted molar refractivity (Wildman–Crippen MR) is 141 cm³/mol. The van der Waals surface area contributed by atoms with Crippen LogP contribution >= 0.6 is 23.4 Å². The fourth-order valence-electron chi connectivity index (χ4n) is 5.27. The van der Waals surface area contributed by atoms with Crippen LogP contribution in [0.15, 0.2) is 30.3 Å². The van der Waals surface area contributed by atoms with Gasteiger partial charge in [0, 0.05) is 18.9 Å². The molecule has 3 aliphatic heterocycles. The van der Waals surface area contributed by atoms with Crippen molar-refractivity contribution in [3.8, 4) is 0 Å². The summed E-state index contributed by atoms with van der Waals surface area (Å²) in [6.07, 6.45) is -0.0437. The van der Waals surface area contributed by atoms with Crippen LogP contribution in [0.1, 0.15) is 30.9 Å². The van der Waals surface area contributed by atoms with Crippen molar-refractivity contribution in [2.75, 3.05) is 19.4 Å². The van der Waals surface area contributed by atoms with Crippen LogP contribution in [0.25, 0.3) is 5.57 Å². The van der Waals surface area contributed by atoms with Crippen molar-refractivity contribution in [1.29, 1.82) is 0 Å². The zero-order chi connectivity index (χ0) is 26.0. The lowest BCUT2D eigenvalue weighted by atomic mass is 9.94. The van der Waals surface area contributed by atoms with Crippen molar-refractivity contribution in [2.24, 2.45) is 5.92 Å². The van der Waals surface area contributed by atoms with Crippen LogP contribution < -0.4 is 10.6 Å². The number of carbonyl (C=O) groups is 1. The minimum absolute atomic E-state index is 0.0284. The molecule has 4 unspecified atom stereocenters. The molecule has 2 fully saturated rings. The number of carbonyl (C=O) groups excluding carboxylic acids is 1. The SMILES string of the molecule is CSC1OC([C@H](NC(=O)[C@H]2NC[C@@H]3C=C(c4ccc(C)cc4)CCO[C@@H]23)[C@H](C)Cl)CC(O)C(O)[C@H]1O. The number of alkyl halides is 1. The smallest absolute Gasteiger partial charge is 0.240 e. The Labute approximate surface area is 221 Å². The first-order valence-electron chi connectivity index (χ1n) is 12.5. The maximum absolute atomic E-state index is 13.5. The van der Waals surface area contributed by atoms with E-state index in [1.54, 1.807) is 13.2 Å². The Hall–Kier alpha value is -1.17. The third-order valence-electron chi connectivity index (χ3n) is 7.37. The fraction of sp³-hybridized carbons (Fsp3) is 0.654. The van der Waals surface area contributed by atoms with Crippen molar-refractivity contribution in [2.45, 2.75) is 80.1 Å². The van der Waals surface area contributed by atoms with Crippen LogP contribution in [-0.4, -0.2) is 94.1 Å². The van der Waals surface area contributed by atoms with Crippen LogP contribution in [0, 0.1) is 12.8 Å². The van der Waals surface area contributed by atoms with Gasteiger partial charge in [-0.2, -0.15) is 0 Å². The lowest BCUT2D eigenvalue weighted by Crippen LogP contribution is -2.56. The third kappa shape index (κ3) is 6.10. The molecule has 5 N–H and O–H groups in total. The molecule has 0 saturated carbocycles. The van der Waals surface area contributed by atoms with Gasteiger partial charge in [-0.25, -0.2) is 0 Å². The number of hydrogen-bond acceptors (Lipinski definition) is 8. The topological polar surface area (TPSA) is 120 Å². The van der Waals surface area contributed by atoms with E-state index in [9.17, 15) is 20.1 Å². The quantitative estimate of drug-likeness (QED) is 0.344. The average molecular weight is 541 g/mol. The first-order chi connectivity index (χ1) is 17.2. The van der Waals surface area contributed by atoms with Gasteiger partial charge in [0.2, 0.25) is 5.91 Å². The Morgan fingerprint density at radius 2 is 1.94 bits per heavy atom. The van der Waals surface area contributed by atoms with Gasteiger partial charge in [0.25, 0.3) is 0 Å². The normalized spacial score (nSPS) is 36.7. The van der Waals surface area contributed by atoms with Gasteiger partial charge >= 0.3 is 0 Å². The Balaban J connectivity index is 1.47. The van der Waals surface area contributed by atoms with Crippen molar-refractivity contribution < 1.29 is 29.6 Å². The molecule has 2 saturated heterocycles. The summed E-state index contributed by atoms with van der Waals surface area (Å²) in [5, 5.41) is 36.8. The first-order valence-corrected chi connectivity index (χ1v) is 14.2. The molecule has 8 nitrogen and oxygen atoms in total. The van der Waals surface area contributed by atoms with Crippen molar-refractivity contribution in [3.63, 3.8) is 0 Å². The maximum atomic E-state index is 13.5. The average Bonchev–Trinajstić information content (AvgIpc) is 3.08. The standard InChI is InChI=1S/C26H37ClN2O6S/c1-13-4-6-15(7-5-13)16-8-9-34-24-17(10-16)12-28-21(24)25(33)29-20(14(2)27)19-11-18(30)22(31)23(32)26(35-19)36-3/h4-7,10,14,17-24,26,28,30-32H,8-9,11-12H2,1-3H3,(H,29,33)/t14-,17-,18?,19?,20+,21-,22?,23+,24+,26?/m0/s1. The molecule has 3 aliphatic rings. The number of rotatable bonds is 6. The van der Waals surface area contributed by atoms with Gasteiger partial charge in [0.1, 0.15) is 23.7 Å². The molecule has 1 aromatic rings. The van der Waals surface area contributed by atoms with Crippen LogP contribution in [0.3, 0.4) is 0 Å². The van der Waals surface area contributed by atoms with E-state index in [-0.39, 0.29) is 24.3 Å². The second-order valence-electron chi connectivity index (χ2n) is 9.97. The Morgan fingerprint density at radius 1 is 1.22 bits per heavy atom. The molecule has 10 atom stereocenters. The highest BCUT2D eigenvalue weighted by atomic mass is 35.5. The minimum Gasteiger partial charge on any atom is -0.390 e. The summed E-state index contributed by atoms with van der Waals surface area (Å²) in [5.74, 6) is -0.204. The molecule has 0 aliphatic carbocycles. The van der Waals surface area contributed by atoms with Gasteiger partial charge in [-0.05, 0) is 37.7 Å².